The van der Waals surface area contributed by atoms with E-state index in [0.29, 0.717) is 8.95 Å². The molecule has 0 aliphatic rings. The zero-order valence-electron chi connectivity index (χ0n) is 7.18. The molecule has 0 radical (unpaired) electrons. The van der Waals surface area contributed by atoms with Gasteiger partial charge in [0.05, 0.1) is 0 Å². The summed E-state index contributed by atoms with van der Waals surface area (Å²) in [6.45, 7) is 0. The van der Waals surface area contributed by atoms with E-state index in [2.05, 4.69) is 31.9 Å². The SMILES string of the molecule is Cl.N[C@H](c1cccc(Br)c1Br)C(F)(F)F. The van der Waals surface area contributed by atoms with Gasteiger partial charge in [-0.2, -0.15) is 13.2 Å². The van der Waals surface area contributed by atoms with Crippen LogP contribution in [0.15, 0.2) is 27.1 Å². The second-order valence-corrected chi connectivity index (χ2v) is 4.31. The lowest BCUT2D eigenvalue weighted by Gasteiger charge is -2.17. The zero-order valence-corrected chi connectivity index (χ0v) is 11.2. The number of halogens is 6. The number of benzene rings is 1. The van der Waals surface area contributed by atoms with E-state index in [1.165, 1.54) is 12.1 Å². The molecular formula is C8H7Br2ClF3N. The third-order valence-electron chi connectivity index (χ3n) is 1.67. The van der Waals surface area contributed by atoms with Gasteiger partial charge in [0.15, 0.2) is 0 Å². The Labute approximate surface area is 108 Å². The summed E-state index contributed by atoms with van der Waals surface area (Å²) in [5, 5.41) is 0. The Bertz CT molecular complexity index is 343. The van der Waals surface area contributed by atoms with E-state index in [-0.39, 0.29) is 18.0 Å². The summed E-state index contributed by atoms with van der Waals surface area (Å²) in [6.07, 6.45) is -4.43. The van der Waals surface area contributed by atoms with Crippen LogP contribution in [-0.2, 0) is 0 Å². The number of nitrogens with two attached hydrogens (primary N) is 1. The molecule has 0 amide bonds. The first-order chi connectivity index (χ1) is 6.34. The highest BCUT2D eigenvalue weighted by Crippen LogP contribution is 2.37. The summed E-state index contributed by atoms with van der Waals surface area (Å²) in [6, 6.07) is 2.52. The highest BCUT2D eigenvalue weighted by atomic mass is 79.9. The van der Waals surface area contributed by atoms with Crippen LogP contribution in [0.2, 0.25) is 0 Å². The van der Waals surface area contributed by atoms with Crippen molar-refractivity contribution in [2.45, 2.75) is 12.2 Å². The van der Waals surface area contributed by atoms with Crippen LogP contribution in [0.4, 0.5) is 13.2 Å². The van der Waals surface area contributed by atoms with Crippen LogP contribution in [0.1, 0.15) is 11.6 Å². The molecule has 7 heteroatoms. The molecule has 0 unspecified atom stereocenters. The number of hydrogen-bond donors (Lipinski definition) is 1. The Balaban J connectivity index is 0.00000196. The van der Waals surface area contributed by atoms with E-state index in [4.69, 9.17) is 5.73 Å². The van der Waals surface area contributed by atoms with Crippen LogP contribution < -0.4 is 5.73 Å². The van der Waals surface area contributed by atoms with Crippen molar-refractivity contribution < 1.29 is 13.2 Å². The fourth-order valence-electron chi connectivity index (χ4n) is 0.937. The fraction of sp³-hybridized carbons (Fsp3) is 0.250. The molecule has 0 aliphatic carbocycles. The molecule has 0 heterocycles. The van der Waals surface area contributed by atoms with E-state index in [0.717, 1.165) is 0 Å². The molecule has 0 aliphatic heterocycles. The molecule has 0 bridgehead atoms. The summed E-state index contributed by atoms with van der Waals surface area (Å²) in [5.41, 5.74) is 5.09. The smallest absolute Gasteiger partial charge is 0.316 e. The van der Waals surface area contributed by atoms with Gasteiger partial charge in [0, 0.05) is 8.95 Å². The molecule has 1 atom stereocenters. The Morgan fingerprint density at radius 3 is 2.20 bits per heavy atom. The Morgan fingerprint density at radius 1 is 1.20 bits per heavy atom. The predicted molar refractivity (Wildman–Crippen MR) is 62.1 cm³/mol. The minimum absolute atomic E-state index is 0. The van der Waals surface area contributed by atoms with Gasteiger partial charge in [-0.1, -0.05) is 12.1 Å². The molecule has 0 saturated carbocycles. The van der Waals surface area contributed by atoms with Gasteiger partial charge in [-0.05, 0) is 43.5 Å². The average Bonchev–Trinajstić information content (AvgIpc) is 2.07. The van der Waals surface area contributed by atoms with Crippen LogP contribution in [0.5, 0.6) is 0 Å². The van der Waals surface area contributed by atoms with Gasteiger partial charge in [0.25, 0.3) is 0 Å². The maximum Gasteiger partial charge on any atom is 0.407 e. The van der Waals surface area contributed by atoms with Gasteiger partial charge < -0.3 is 5.73 Å². The van der Waals surface area contributed by atoms with Crippen LogP contribution >= 0.6 is 44.3 Å². The molecular weight excluding hydrogens is 362 g/mol. The Morgan fingerprint density at radius 2 is 1.73 bits per heavy atom. The Hall–Kier alpha value is 0.220. The summed E-state index contributed by atoms with van der Waals surface area (Å²) in [5.74, 6) is 0. The highest BCUT2D eigenvalue weighted by molar-refractivity contribution is 9.13. The largest absolute Gasteiger partial charge is 0.407 e. The van der Waals surface area contributed by atoms with Crippen molar-refractivity contribution in [2.75, 3.05) is 0 Å². The zero-order chi connectivity index (χ0) is 10.9. The minimum atomic E-state index is -4.43. The standard InChI is InChI=1S/C8H6Br2F3N.ClH/c9-5-3-1-2-4(6(5)10)7(14)8(11,12)13;/h1-3,7H,14H2;1H/t7-;/m1./s1. The minimum Gasteiger partial charge on any atom is -0.316 e. The van der Waals surface area contributed by atoms with Crippen molar-refractivity contribution in [3.8, 4) is 0 Å². The molecule has 1 aromatic rings. The second-order valence-electron chi connectivity index (χ2n) is 2.66. The topological polar surface area (TPSA) is 26.0 Å². The van der Waals surface area contributed by atoms with Gasteiger partial charge in [0.1, 0.15) is 6.04 Å². The first kappa shape index (κ1) is 15.2. The lowest BCUT2D eigenvalue weighted by atomic mass is 10.1. The van der Waals surface area contributed by atoms with Crippen molar-refractivity contribution in [3.63, 3.8) is 0 Å². The van der Waals surface area contributed by atoms with E-state index < -0.39 is 12.2 Å². The molecule has 1 aromatic carbocycles. The van der Waals surface area contributed by atoms with Crippen molar-refractivity contribution in [1.29, 1.82) is 0 Å². The lowest BCUT2D eigenvalue weighted by Crippen LogP contribution is -2.28. The van der Waals surface area contributed by atoms with Crippen molar-refractivity contribution in [2.24, 2.45) is 5.73 Å². The van der Waals surface area contributed by atoms with Crippen molar-refractivity contribution in [3.05, 3.63) is 32.7 Å². The Kier molecular flexibility index (Phi) is 5.60. The normalized spacial score (nSPS) is 13.2. The summed E-state index contributed by atoms with van der Waals surface area (Å²) >= 11 is 6.16. The van der Waals surface area contributed by atoms with Crippen LogP contribution in [-0.4, -0.2) is 6.18 Å². The van der Waals surface area contributed by atoms with Gasteiger partial charge in [-0.3, -0.25) is 0 Å². The molecule has 86 valence electrons. The third kappa shape index (κ3) is 3.62. The molecule has 0 spiro atoms. The molecule has 0 aromatic heterocycles. The maximum absolute atomic E-state index is 12.3. The van der Waals surface area contributed by atoms with E-state index in [1.54, 1.807) is 6.07 Å². The van der Waals surface area contributed by atoms with Gasteiger partial charge in [-0.25, -0.2) is 0 Å². The number of rotatable bonds is 1. The first-order valence-corrected chi connectivity index (χ1v) is 5.19. The van der Waals surface area contributed by atoms with Crippen LogP contribution in [0, 0.1) is 0 Å². The summed E-state index contributed by atoms with van der Waals surface area (Å²) < 4.78 is 37.7. The van der Waals surface area contributed by atoms with E-state index in [1.807, 2.05) is 0 Å². The second kappa shape index (κ2) is 5.52. The fourth-order valence-corrected chi connectivity index (χ4v) is 1.83. The molecule has 1 rings (SSSR count). The summed E-state index contributed by atoms with van der Waals surface area (Å²) in [7, 11) is 0. The summed E-state index contributed by atoms with van der Waals surface area (Å²) in [4.78, 5) is 0. The number of hydrogen-bond acceptors (Lipinski definition) is 1. The first-order valence-electron chi connectivity index (χ1n) is 3.60. The van der Waals surface area contributed by atoms with E-state index >= 15 is 0 Å². The number of alkyl halides is 3. The van der Waals surface area contributed by atoms with E-state index in [9.17, 15) is 13.2 Å². The highest BCUT2D eigenvalue weighted by Gasteiger charge is 2.38. The quantitative estimate of drug-likeness (QED) is 0.789. The van der Waals surface area contributed by atoms with Crippen LogP contribution in [0.3, 0.4) is 0 Å². The molecule has 15 heavy (non-hydrogen) atoms. The van der Waals surface area contributed by atoms with Crippen molar-refractivity contribution in [1.82, 2.24) is 0 Å². The van der Waals surface area contributed by atoms with Gasteiger partial charge >= 0.3 is 6.18 Å². The maximum atomic E-state index is 12.3. The van der Waals surface area contributed by atoms with Crippen molar-refractivity contribution >= 4 is 44.3 Å². The van der Waals surface area contributed by atoms with Gasteiger partial charge in [-0.15, -0.1) is 12.4 Å². The predicted octanol–water partition coefficient (Wildman–Crippen LogP) is 4.20. The molecule has 0 fully saturated rings. The van der Waals surface area contributed by atoms with Crippen LogP contribution in [0.25, 0.3) is 0 Å². The molecule has 1 nitrogen and oxygen atoms in total. The lowest BCUT2D eigenvalue weighted by molar-refractivity contribution is -0.149. The molecule has 0 saturated heterocycles. The average molecular weight is 369 g/mol. The monoisotopic (exact) mass is 367 g/mol. The molecule has 2 N–H and O–H groups in total. The van der Waals surface area contributed by atoms with Gasteiger partial charge in [0.2, 0.25) is 0 Å². The third-order valence-corrected chi connectivity index (χ3v) is 3.75.